The lowest BCUT2D eigenvalue weighted by atomic mass is 10.0. The molecule has 2 aromatic rings. The first-order valence-corrected chi connectivity index (χ1v) is 5.83. The smallest absolute Gasteiger partial charge is 0.233 e. The standard InChI is InChI=1S/C13H14F2N2O2/c1-3-12-9(13(18)17-16-12)6-8-10(14)4-7(19-2)5-11(8)15/h4-5H,3,6H2,1-2H3,(H2,16,17,18). The Hall–Kier alpha value is -2.11. The Kier molecular flexibility index (Phi) is 3.69. The zero-order valence-corrected chi connectivity index (χ0v) is 10.6. The molecule has 1 aromatic heterocycles. The molecular weight excluding hydrogens is 254 g/mol. The molecule has 0 saturated carbocycles. The van der Waals surface area contributed by atoms with Crippen LogP contribution in [0, 0.1) is 11.6 Å². The van der Waals surface area contributed by atoms with Crippen molar-refractivity contribution < 1.29 is 18.6 Å². The van der Waals surface area contributed by atoms with Crippen LogP contribution in [0.1, 0.15) is 23.7 Å². The lowest BCUT2D eigenvalue weighted by Crippen LogP contribution is -2.00. The molecule has 6 heteroatoms. The summed E-state index contributed by atoms with van der Waals surface area (Å²) in [5, 5.41) is 15.9. The molecule has 0 aliphatic carbocycles. The van der Waals surface area contributed by atoms with E-state index in [-0.39, 0.29) is 23.6 Å². The highest BCUT2D eigenvalue weighted by atomic mass is 19.1. The normalized spacial score (nSPS) is 10.7. The fourth-order valence-corrected chi connectivity index (χ4v) is 1.91. The number of nitrogens with zero attached hydrogens (tertiary/aromatic N) is 1. The fraction of sp³-hybridized carbons (Fsp3) is 0.308. The van der Waals surface area contributed by atoms with E-state index in [0.717, 1.165) is 12.1 Å². The molecule has 0 saturated heterocycles. The van der Waals surface area contributed by atoms with E-state index in [0.29, 0.717) is 17.7 Å². The van der Waals surface area contributed by atoms with Crippen LogP contribution in [0.3, 0.4) is 0 Å². The fourth-order valence-electron chi connectivity index (χ4n) is 1.91. The third kappa shape index (κ3) is 2.52. The number of methoxy groups -OCH3 is 1. The van der Waals surface area contributed by atoms with Crippen LogP contribution in [0.4, 0.5) is 8.78 Å². The van der Waals surface area contributed by atoms with Gasteiger partial charge in [0.05, 0.1) is 7.11 Å². The molecule has 1 heterocycles. The van der Waals surface area contributed by atoms with Gasteiger partial charge < -0.3 is 9.84 Å². The van der Waals surface area contributed by atoms with Crippen LogP contribution in [-0.2, 0) is 12.8 Å². The van der Waals surface area contributed by atoms with Crippen molar-refractivity contribution in [2.45, 2.75) is 19.8 Å². The van der Waals surface area contributed by atoms with E-state index in [9.17, 15) is 13.9 Å². The number of hydrogen-bond donors (Lipinski definition) is 2. The molecule has 0 fully saturated rings. The predicted octanol–water partition coefficient (Wildman–Crippen LogP) is 2.56. The number of benzene rings is 1. The lowest BCUT2D eigenvalue weighted by Gasteiger charge is -2.08. The molecule has 0 radical (unpaired) electrons. The molecule has 19 heavy (non-hydrogen) atoms. The minimum Gasteiger partial charge on any atom is -0.497 e. The van der Waals surface area contributed by atoms with Gasteiger partial charge in [-0.2, -0.15) is 0 Å². The first-order chi connectivity index (χ1) is 9.06. The third-order valence-corrected chi connectivity index (χ3v) is 2.99. The van der Waals surface area contributed by atoms with Gasteiger partial charge in [0.15, 0.2) is 0 Å². The summed E-state index contributed by atoms with van der Waals surface area (Å²) in [7, 11) is 1.34. The highest BCUT2D eigenvalue weighted by molar-refractivity contribution is 5.38. The van der Waals surface area contributed by atoms with Crippen LogP contribution >= 0.6 is 0 Å². The van der Waals surface area contributed by atoms with Gasteiger partial charge in [-0.05, 0) is 6.42 Å². The third-order valence-electron chi connectivity index (χ3n) is 2.99. The van der Waals surface area contributed by atoms with Gasteiger partial charge in [0, 0.05) is 35.4 Å². The summed E-state index contributed by atoms with van der Waals surface area (Å²) in [6, 6.07) is 2.22. The number of aromatic amines is 1. The van der Waals surface area contributed by atoms with Gasteiger partial charge in [-0.25, -0.2) is 8.78 Å². The Morgan fingerprint density at radius 1 is 1.26 bits per heavy atom. The first kappa shape index (κ1) is 13.3. The van der Waals surface area contributed by atoms with Crippen molar-refractivity contribution in [3.8, 4) is 11.6 Å². The lowest BCUT2D eigenvalue weighted by molar-refractivity contribution is 0.405. The van der Waals surface area contributed by atoms with E-state index < -0.39 is 11.6 Å². The number of nitrogens with one attached hydrogen (secondary N) is 1. The Bertz CT molecular complexity index is 573. The van der Waals surface area contributed by atoms with E-state index >= 15 is 0 Å². The summed E-state index contributed by atoms with van der Waals surface area (Å²) < 4.78 is 32.4. The van der Waals surface area contributed by atoms with Crippen molar-refractivity contribution in [2.75, 3.05) is 7.11 Å². The van der Waals surface area contributed by atoms with Crippen molar-refractivity contribution in [3.05, 3.63) is 40.6 Å². The van der Waals surface area contributed by atoms with Crippen molar-refractivity contribution in [2.24, 2.45) is 0 Å². The average molecular weight is 268 g/mol. The summed E-state index contributed by atoms with van der Waals surface area (Å²) in [6.45, 7) is 1.86. The number of ether oxygens (including phenoxy) is 1. The highest BCUT2D eigenvalue weighted by Gasteiger charge is 2.18. The molecule has 0 spiro atoms. The monoisotopic (exact) mass is 268 g/mol. The van der Waals surface area contributed by atoms with Gasteiger partial charge in [0.25, 0.3) is 0 Å². The van der Waals surface area contributed by atoms with E-state index in [1.807, 2.05) is 6.92 Å². The van der Waals surface area contributed by atoms with Crippen molar-refractivity contribution >= 4 is 0 Å². The summed E-state index contributed by atoms with van der Waals surface area (Å²) in [4.78, 5) is 0. The number of aryl methyl sites for hydroxylation is 1. The van der Waals surface area contributed by atoms with Gasteiger partial charge in [-0.3, -0.25) is 5.10 Å². The number of aromatic nitrogens is 2. The summed E-state index contributed by atoms with van der Waals surface area (Å²) in [5.41, 5.74) is 0.949. The van der Waals surface area contributed by atoms with Gasteiger partial charge >= 0.3 is 0 Å². The van der Waals surface area contributed by atoms with Gasteiger partial charge in [0.2, 0.25) is 5.88 Å². The first-order valence-electron chi connectivity index (χ1n) is 5.83. The SMILES string of the molecule is CCc1[nH]nc(O)c1Cc1c(F)cc(OC)cc1F. The number of hydrogen-bond acceptors (Lipinski definition) is 3. The number of aromatic hydroxyl groups is 1. The van der Waals surface area contributed by atoms with Crippen molar-refractivity contribution in [1.82, 2.24) is 10.2 Å². The van der Waals surface area contributed by atoms with Crippen LogP contribution in [0.25, 0.3) is 0 Å². The number of rotatable bonds is 4. The second-order valence-electron chi connectivity index (χ2n) is 4.10. The van der Waals surface area contributed by atoms with Gasteiger partial charge in [-0.1, -0.05) is 6.92 Å². The van der Waals surface area contributed by atoms with Crippen molar-refractivity contribution in [1.29, 1.82) is 0 Å². The van der Waals surface area contributed by atoms with E-state index in [2.05, 4.69) is 10.2 Å². The molecule has 0 unspecified atom stereocenters. The number of halogens is 2. The molecule has 4 nitrogen and oxygen atoms in total. The van der Waals surface area contributed by atoms with Crippen molar-refractivity contribution in [3.63, 3.8) is 0 Å². The van der Waals surface area contributed by atoms with Crippen LogP contribution in [-0.4, -0.2) is 22.4 Å². The molecule has 0 amide bonds. The highest BCUT2D eigenvalue weighted by Crippen LogP contribution is 2.27. The molecule has 2 rings (SSSR count). The number of H-pyrrole nitrogens is 1. The van der Waals surface area contributed by atoms with Crippen LogP contribution in [0.2, 0.25) is 0 Å². The van der Waals surface area contributed by atoms with Crippen LogP contribution < -0.4 is 4.74 Å². The van der Waals surface area contributed by atoms with Crippen LogP contribution in [0.5, 0.6) is 11.6 Å². The average Bonchev–Trinajstić information content (AvgIpc) is 2.74. The minimum absolute atomic E-state index is 0.0623. The van der Waals surface area contributed by atoms with E-state index in [4.69, 9.17) is 4.74 Å². The van der Waals surface area contributed by atoms with Gasteiger partial charge in [-0.15, -0.1) is 5.10 Å². The molecule has 102 valence electrons. The molecule has 0 bridgehead atoms. The molecule has 0 aliphatic heterocycles. The molecule has 0 atom stereocenters. The Morgan fingerprint density at radius 2 is 1.89 bits per heavy atom. The Labute approximate surface area is 109 Å². The quantitative estimate of drug-likeness (QED) is 0.896. The van der Waals surface area contributed by atoms with E-state index in [1.165, 1.54) is 7.11 Å². The summed E-state index contributed by atoms with van der Waals surface area (Å²) >= 11 is 0. The maximum Gasteiger partial charge on any atom is 0.233 e. The topological polar surface area (TPSA) is 58.1 Å². The maximum atomic E-state index is 13.8. The molecule has 2 N–H and O–H groups in total. The summed E-state index contributed by atoms with van der Waals surface area (Å²) in [5.74, 6) is -1.53. The summed E-state index contributed by atoms with van der Waals surface area (Å²) in [6.07, 6.45) is 0.523. The van der Waals surface area contributed by atoms with E-state index in [1.54, 1.807) is 0 Å². The second-order valence-corrected chi connectivity index (χ2v) is 4.10. The molecule has 0 aliphatic rings. The Morgan fingerprint density at radius 3 is 2.42 bits per heavy atom. The zero-order chi connectivity index (χ0) is 14.0. The minimum atomic E-state index is -0.709. The van der Waals surface area contributed by atoms with Crippen LogP contribution in [0.15, 0.2) is 12.1 Å². The maximum absolute atomic E-state index is 13.8. The predicted molar refractivity (Wildman–Crippen MR) is 65.3 cm³/mol. The second kappa shape index (κ2) is 5.26. The zero-order valence-electron chi connectivity index (χ0n) is 10.6. The molecular formula is C13H14F2N2O2. The Balaban J connectivity index is 2.41. The largest absolute Gasteiger partial charge is 0.497 e. The molecule has 1 aromatic carbocycles. The van der Waals surface area contributed by atoms with Gasteiger partial charge in [0.1, 0.15) is 17.4 Å².